The lowest BCUT2D eigenvalue weighted by atomic mass is 10.1. The molecule has 2 heterocycles. The molecule has 2 aromatic heterocycles. The fourth-order valence-electron chi connectivity index (χ4n) is 2.96. The molecule has 5 nitrogen and oxygen atoms in total. The monoisotopic (exact) mass is 362 g/mol. The largest absolute Gasteiger partial charge is 0.493 e. The molecule has 0 unspecified atom stereocenters. The molecule has 0 N–H and O–H groups in total. The lowest BCUT2D eigenvalue weighted by Gasteiger charge is -2.08. The summed E-state index contributed by atoms with van der Waals surface area (Å²) in [6.45, 7) is 0. The number of halogens is 3. The van der Waals surface area contributed by atoms with E-state index in [-0.39, 0.29) is 22.8 Å². The standard InChI is InChI=1S/C17H13ClF2N4O/c1-25-11-7-23-24(8-11)15-3-9(2-14(19)16(15)20)12-4-13(12)10-5-21-17(18)22-6-10/h2-3,5-8,12-13H,4H2,1H3/t12-,13-/m0/s1. The van der Waals surface area contributed by atoms with Crippen molar-refractivity contribution in [1.82, 2.24) is 19.7 Å². The van der Waals surface area contributed by atoms with Crippen molar-refractivity contribution in [3.8, 4) is 11.4 Å². The molecule has 1 aliphatic rings. The Kier molecular flexibility index (Phi) is 3.88. The Balaban J connectivity index is 1.66. The highest BCUT2D eigenvalue weighted by atomic mass is 35.5. The molecule has 0 bridgehead atoms. The predicted molar refractivity (Wildman–Crippen MR) is 87.2 cm³/mol. The SMILES string of the molecule is COc1cnn(-c2cc([C@@H]3C[C@H]3c3cnc(Cl)nc3)cc(F)c2F)c1. The fraction of sp³-hybridized carbons (Fsp3) is 0.235. The van der Waals surface area contributed by atoms with Crippen molar-refractivity contribution in [2.75, 3.05) is 7.11 Å². The number of nitrogens with zero attached hydrogens (tertiary/aromatic N) is 4. The van der Waals surface area contributed by atoms with Gasteiger partial charge in [0.2, 0.25) is 5.28 Å². The van der Waals surface area contributed by atoms with Gasteiger partial charge in [0, 0.05) is 12.4 Å². The molecule has 3 aromatic rings. The molecular weight excluding hydrogens is 350 g/mol. The summed E-state index contributed by atoms with van der Waals surface area (Å²) in [5.74, 6) is -1.13. The summed E-state index contributed by atoms with van der Waals surface area (Å²) in [6.07, 6.45) is 7.09. The Bertz CT molecular complexity index is 929. The highest BCUT2D eigenvalue weighted by Gasteiger charge is 2.40. The first kappa shape index (κ1) is 16.0. The molecule has 0 saturated heterocycles. The van der Waals surface area contributed by atoms with Gasteiger partial charge in [-0.1, -0.05) is 0 Å². The summed E-state index contributed by atoms with van der Waals surface area (Å²) in [4.78, 5) is 7.94. The van der Waals surface area contributed by atoms with Crippen LogP contribution in [0.2, 0.25) is 5.28 Å². The first-order chi connectivity index (χ1) is 12.1. The third kappa shape index (κ3) is 2.95. The van der Waals surface area contributed by atoms with Gasteiger partial charge in [-0.05, 0) is 53.1 Å². The van der Waals surface area contributed by atoms with Crippen LogP contribution in [0.5, 0.6) is 5.75 Å². The minimum absolute atomic E-state index is 0.0521. The molecule has 0 spiro atoms. The van der Waals surface area contributed by atoms with Gasteiger partial charge in [0.15, 0.2) is 17.4 Å². The van der Waals surface area contributed by atoms with E-state index in [4.69, 9.17) is 16.3 Å². The van der Waals surface area contributed by atoms with Crippen LogP contribution in [0, 0.1) is 11.6 Å². The van der Waals surface area contributed by atoms with E-state index >= 15 is 0 Å². The maximum atomic E-state index is 14.2. The van der Waals surface area contributed by atoms with Gasteiger partial charge in [0.25, 0.3) is 0 Å². The summed E-state index contributed by atoms with van der Waals surface area (Å²) in [5, 5.41) is 4.20. The summed E-state index contributed by atoms with van der Waals surface area (Å²) in [5.41, 5.74) is 1.70. The van der Waals surface area contributed by atoms with Gasteiger partial charge >= 0.3 is 0 Å². The average molecular weight is 363 g/mol. The third-order valence-electron chi connectivity index (χ3n) is 4.36. The molecule has 0 aliphatic heterocycles. The van der Waals surface area contributed by atoms with Crippen LogP contribution < -0.4 is 4.74 Å². The lowest BCUT2D eigenvalue weighted by molar-refractivity contribution is 0.414. The molecular formula is C17H13ClF2N4O. The van der Waals surface area contributed by atoms with Gasteiger partial charge in [0.05, 0.1) is 19.5 Å². The Morgan fingerprint density at radius 2 is 1.84 bits per heavy atom. The van der Waals surface area contributed by atoms with Crippen LogP contribution in [0.1, 0.15) is 29.4 Å². The van der Waals surface area contributed by atoms with Crippen LogP contribution in [-0.4, -0.2) is 26.9 Å². The second kappa shape index (κ2) is 6.07. The number of methoxy groups -OCH3 is 1. The zero-order valence-electron chi connectivity index (χ0n) is 13.2. The van der Waals surface area contributed by atoms with E-state index in [2.05, 4.69) is 15.1 Å². The van der Waals surface area contributed by atoms with Gasteiger partial charge in [0.1, 0.15) is 5.69 Å². The second-order valence-electron chi connectivity index (χ2n) is 5.89. The van der Waals surface area contributed by atoms with Crippen LogP contribution >= 0.6 is 11.6 Å². The van der Waals surface area contributed by atoms with Crippen LogP contribution in [0.4, 0.5) is 8.78 Å². The number of ether oxygens (including phenoxy) is 1. The van der Waals surface area contributed by atoms with Crippen LogP contribution in [0.25, 0.3) is 5.69 Å². The van der Waals surface area contributed by atoms with Crippen molar-refractivity contribution >= 4 is 11.6 Å². The van der Waals surface area contributed by atoms with Crippen molar-refractivity contribution in [2.45, 2.75) is 18.3 Å². The number of benzene rings is 1. The smallest absolute Gasteiger partial charge is 0.222 e. The highest BCUT2D eigenvalue weighted by molar-refractivity contribution is 6.28. The van der Waals surface area contributed by atoms with Gasteiger partial charge in [-0.3, -0.25) is 0 Å². The second-order valence-corrected chi connectivity index (χ2v) is 6.23. The summed E-state index contributed by atoms with van der Waals surface area (Å²) >= 11 is 5.70. The number of rotatable bonds is 4. The number of hydrogen-bond donors (Lipinski definition) is 0. The maximum absolute atomic E-state index is 14.2. The van der Waals surface area contributed by atoms with Crippen molar-refractivity contribution in [3.05, 3.63) is 65.0 Å². The van der Waals surface area contributed by atoms with E-state index in [9.17, 15) is 8.78 Å². The molecule has 2 atom stereocenters. The van der Waals surface area contributed by atoms with Gasteiger partial charge in [-0.25, -0.2) is 23.4 Å². The van der Waals surface area contributed by atoms with E-state index in [1.807, 2.05) is 0 Å². The Morgan fingerprint density at radius 1 is 1.12 bits per heavy atom. The Labute approximate surface area is 147 Å². The van der Waals surface area contributed by atoms with Crippen molar-refractivity contribution in [2.24, 2.45) is 0 Å². The van der Waals surface area contributed by atoms with Crippen molar-refractivity contribution < 1.29 is 13.5 Å². The van der Waals surface area contributed by atoms with Crippen molar-refractivity contribution in [3.63, 3.8) is 0 Å². The Morgan fingerprint density at radius 3 is 2.52 bits per heavy atom. The summed E-state index contributed by atoms with van der Waals surface area (Å²) in [6, 6.07) is 2.85. The van der Waals surface area contributed by atoms with Crippen molar-refractivity contribution in [1.29, 1.82) is 0 Å². The van der Waals surface area contributed by atoms with Crippen LogP contribution in [-0.2, 0) is 0 Å². The number of aromatic nitrogens is 4. The third-order valence-corrected chi connectivity index (χ3v) is 4.55. The minimum atomic E-state index is -0.943. The van der Waals surface area contributed by atoms with E-state index in [1.165, 1.54) is 30.3 Å². The molecule has 1 aliphatic carbocycles. The topological polar surface area (TPSA) is 52.8 Å². The fourth-order valence-corrected chi connectivity index (χ4v) is 3.06. The van der Waals surface area contributed by atoms with Gasteiger partial charge in [-0.15, -0.1) is 0 Å². The average Bonchev–Trinajstić information content (AvgIpc) is 3.26. The van der Waals surface area contributed by atoms with Crippen LogP contribution in [0.15, 0.2) is 36.9 Å². The zero-order chi connectivity index (χ0) is 17.6. The molecule has 4 rings (SSSR count). The molecule has 1 saturated carbocycles. The van der Waals surface area contributed by atoms with E-state index < -0.39 is 11.6 Å². The quantitative estimate of drug-likeness (QED) is 0.661. The van der Waals surface area contributed by atoms with Gasteiger partial charge < -0.3 is 4.74 Å². The lowest BCUT2D eigenvalue weighted by Crippen LogP contribution is -2.02. The molecule has 128 valence electrons. The molecule has 1 fully saturated rings. The molecule has 1 aromatic carbocycles. The first-order valence-corrected chi connectivity index (χ1v) is 8.00. The number of hydrogen-bond acceptors (Lipinski definition) is 4. The van der Waals surface area contributed by atoms with Gasteiger partial charge in [-0.2, -0.15) is 5.10 Å². The van der Waals surface area contributed by atoms with E-state index in [0.717, 1.165) is 12.0 Å². The summed E-state index contributed by atoms with van der Waals surface area (Å²) in [7, 11) is 1.48. The normalized spacial score (nSPS) is 19.0. The maximum Gasteiger partial charge on any atom is 0.222 e. The minimum Gasteiger partial charge on any atom is -0.493 e. The molecule has 0 radical (unpaired) electrons. The molecule has 25 heavy (non-hydrogen) atoms. The highest BCUT2D eigenvalue weighted by Crippen LogP contribution is 2.54. The van der Waals surface area contributed by atoms with E-state index in [1.54, 1.807) is 18.5 Å². The Hall–Kier alpha value is -2.54. The summed E-state index contributed by atoms with van der Waals surface area (Å²) < 4.78 is 34.6. The zero-order valence-corrected chi connectivity index (χ0v) is 13.9. The first-order valence-electron chi connectivity index (χ1n) is 7.62. The molecule has 0 amide bonds. The van der Waals surface area contributed by atoms with E-state index in [0.29, 0.717) is 11.3 Å². The molecule has 8 heteroatoms. The predicted octanol–water partition coefficient (Wildman–Crippen LogP) is 3.87. The van der Waals surface area contributed by atoms with Crippen LogP contribution in [0.3, 0.4) is 0 Å².